The first-order valence-corrected chi connectivity index (χ1v) is 9.93. The normalized spacial score (nSPS) is 59.4. The van der Waals surface area contributed by atoms with Crippen LogP contribution in [0.2, 0.25) is 0 Å². The number of Topliss-reactive ketones (excluding diaryl/α,β-unsaturated/α-hetero) is 1. The first-order chi connectivity index (χ1) is 11.7. The predicted octanol–water partition coefficient (Wildman–Crippen LogP) is 1.80. The Morgan fingerprint density at radius 3 is 2.64 bits per heavy atom. The summed E-state index contributed by atoms with van der Waals surface area (Å²) in [7, 11) is 0. The fourth-order valence-electron chi connectivity index (χ4n) is 7.79. The Kier molecular flexibility index (Phi) is 3.03. The predicted molar refractivity (Wildman–Crippen MR) is 90.3 cm³/mol. The minimum absolute atomic E-state index is 0.0411. The molecule has 1 saturated heterocycles. The van der Waals surface area contributed by atoms with Crippen molar-refractivity contribution in [2.24, 2.45) is 40.2 Å². The van der Waals surface area contributed by atoms with Crippen molar-refractivity contribution in [1.29, 1.82) is 0 Å². The summed E-state index contributed by atoms with van der Waals surface area (Å²) in [6.07, 6.45) is 6.05. The number of nitrogens with two attached hydrogens (primary N) is 1. The minimum Gasteiger partial charge on any atom is -0.393 e. The van der Waals surface area contributed by atoms with Crippen LogP contribution in [0.5, 0.6) is 0 Å². The maximum absolute atomic E-state index is 12.6. The van der Waals surface area contributed by atoms with E-state index in [1.165, 1.54) is 0 Å². The zero-order chi connectivity index (χ0) is 17.8. The van der Waals surface area contributed by atoms with Crippen LogP contribution in [0.4, 0.5) is 0 Å². The molecule has 1 amide bonds. The molecule has 9 atom stereocenters. The lowest BCUT2D eigenvalue weighted by atomic mass is 9.44. The third-order valence-corrected chi connectivity index (χ3v) is 9.29. The molecule has 3 N–H and O–H groups in total. The zero-order valence-corrected chi connectivity index (χ0v) is 15.2. The SMILES string of the molecule is C[C@]12CCC3C(CC[C@@]45O[C@@H]4C(=O)C(C(N)=O)C[C@]35C)C1CC[C@@H]2O. The summed E-state index contributed by atoms with van der Waals surface area (Å²) in [6.45, 7) is 4.52. The first kappa shape index (κ1) is 16.2. The van der Waals surface area contributed by atoms with Crippen molar-refractivity contribution in [2.75, 3.05) is 0 Å². The maximum atomic E-state index is 12.6. The Hall–Kier alpha value is -0.940. The number of amides is 1. The number of primary amides is 1. The molecule has 1 spiro atoms. The minimum atomic E-state index is -0.688. The molecule has 1 heterocycles. The molecule has 138 valence electrons. The van der Waals surface area contributed by atoms with E-state index in [4.69, 9.17) is 10.5 Å². The van der Waals surface area contributed by atoms with Crippen molar-refractivity contribution in [3.63, 3.8) is 0 Å². The number of aliphatic hydroxyl groups excluding tert-OH is 1. The third kappa shape index (κ3) is 1.72. The summed E-state index contributed by atoms with van der Waals surface area (Å²) in [6, 6.07) is 0. The topological polar surface area (TPSA) is 92.9 Å². The summed E-state index contributed by atoms with van der Waals surface area (Å²) in [5.74, 6) is 0.321. The van der Waals surface area contributed by atoms with Gasteiger partial charge >= 0.3 is 0 Å². The summed E-state index contributed by atoms with van der Waals surface area (Å²) in [4.78, 5) is 24.5. The van der Waals surface area contributed by atoms with Gasteiger partial charge in [0.1, 0.15) is 11.7 Å². The summed E-state index contributed by atoms with van der Waals surface area (Å²) < 4.78 is 6.06. The Morgan fingerprint density at radius 2 is 1.92 bits per heavy atom. The average Bonchev–Trinajstić information content (AvgIpc) is 3.23. The molecular formula is C20H29NO4. The average molecular weight is 347 g/mol. The van der Waals surface area contributed by atoms with Crippen molar-refractivity contribution in [2.45, 2.75) is 76.6 Å². The number of carbonyl (C=O) groups is 2. The lowest BCUT2D eigenvalue weighted by Gasteiger charge is -2.59. The van der Waals surface area contributed by atoms with E-state index in [2.05, 4.69) is 13.8 Å². The van der Waals surface area contributed by atoms with Crippen LogP contribution >= 0.6 is 0 Å². The van der Waals surface area contributed by atoms with E-state index in [-0.39, 0.29) is 28.3 Å². The summed E-state index contributed by atoms with van der Waals surface area (Å²) in [5, 5.41) is 10.5. The number of rotatable bonds is 1. The zero-order valence-electron chi connectivity index (χ0n) is 15.2. The number of ketones is 1. The third-order valence-electron chi connectivity index (χ3n) is 9.29. The van der Waals surface area contributed by atoms with Crippen molar-refractivity contribution in [3.05, 3.63) is 0 Å². The van der Waals surface area contributed by atoms with Gasteiger partial charge in [-0.3, -0.25) is 9.59 Å². The van der Waals surface area contributed by atoms with Gasteiger partial charge in [-0.15, -0.1) is 0 Å². The van der Waals surface area contributed by atoms with Crippen LogP contribution in [0.15, 0.2) is 0 Å². The molecule has 5 heteroatoms. The fourth-order valence-corrected chi connectivity index (χ4v) is 7.79. The molecule has 1 aliphatic heterocycles. The van der Waals surface area contributed by atoms with E-state index in [1.807, 2.05) is 0 Å². The number of hydrogen-bond donors (Lipinski definition) is 2. The van der Waals surface area contributed by atoms with E-state index in [9.17, 15) is 14.7 Å². The largest absolute Gasteiger partial charge is 0.393 e. The smallest absolute Gasteiger partial charge is 0.228 e. The van der Waals surface area contributed by atoms with Gasteiger partial charge in [0, 0.05) is 5.41 Å². The van der Waals surface area contributed by atoms with Crippen LogP contribution < -0.4 is 5.73 Å². The van der Waals surface area contributed by atoms with Gasteiger partial charge in [0.15, 0.2) is 5.78 Å². The summed E-state index contributed by atoms with van der Waals surface area (Å²) >= 11 is 0. The lowest BCUT2D eigenvalue weighted by Crippen LogP contribution is -2.61. The quantitative estimate of drug-likeness (QED) is 0.559. The maximum Gasteiger partial charge on any atom is 0.228 e. The molecule has 5 rings (SSSR count). The highest BCUT2D eigenvalue weighted by Crippen LogP contribution is 2.72. The van der Waals surface area contributed by atoms with Gasteiger partial charge in [-0.1, -0.05) is 13.8 Å². The van der Waals surface area contributed by atoms with E-state index in [0.717, 1.165) is 38.5 Å². The van der Waals surface area contributed by atoms with Gasteiger partial charge < -0.3 is 15.6 Å². The molecular weight excluding hydrogens is 318 g/mol. The highest BCUT2D eigenvalue weighted by atomic mass is 16.6. The second kappa shape index (κ2) is 4.66. The van der Waals surface area contributed by atoms with Crippen LogP contribution in [0.3, 0.4) is 0 Å². The van der Waals surface area contributed by atoms with Crippen molar-refractivity contribution >= 4 is 11.7 Å². The van der Waals surface area contributed by atoms with E-state index >= 15 is 0 Å². The second-order valence-electron chi connectivity index (χ2n) is 9.92. The molecule has 0 bridgehead atoms. The molecule has 5 fully saturated rings. The molecule has 5 nitrogen and oxygen atoms in total. The molecule has 25 heavy (non-hydrogen) atoms. The van der Waals surface area contributed by atoms with Crippen LogP contribution in [-0.2, 0) is 14.3 Å². The van der Waals surface area contributed by atoms with Crippen LogP contribution in [0.25, 0.3) is 0 Å². The van der Waals surface area contributed by atoms with Crippen LogP contribution in [-0.4, -0.2) is 34.6 Å². The lowest BCUT2D eigenvalue weighted by molar-refractivity contribution is -0.147. The van der Waals surface area contributed by atoms with E-state index in [1.54, 1.807) is 0 Å². The van der Waals surface area contributed by atoms with E-state index in [0.29, 0.717) is 24.2 Å². The standard InChI is InChI=1S/C20H29NO4/c1-18-7-6-13-10(12(18)3-4-14(18)22)5-8-20-16(25-20)15(23)11(17(21)24)9-19(13,20)2/h10-14,16,22H,3-9H2,1-2H3,(H2,21,24)/t10?,11?,12?,13?,14-,16+,18-,19+,20+/m0/s1. The highest BCUT2D eigenvalue weighted by molar-refractivity contribution is 6.05. The monoisotopic (exact) mass is 347 g/mol. The molecule has 4 aliphatic carbocycles. The second-order valence-corrected chi connectivity index (χ2v) is 9.92. The number of hydrogen-bond acceptors (Lipinski definition) is 4. The molecule has 4 saturated carbocycles. The molecule has 5 aliphatic rings. The van der Waals surface area contributed by atoms with Gasteiger partial charge in [0.2, 0.25) is 5.91 Å². The Morgan fingerprint density at radius 1 is 1.16 bits per heavy atom. The number of epoxide rings is 1. The number of ether oxygens (including phenoxy) is 1. The van der Waals surface area contributed by atoms with Gasteiger partial charge in [-0.2, -0.15) is 0 Å². The van der Waals surface area contributed by atoms with Gasteiger partial charge in [0.05, 0.1) is 12.0 Å². The highest BCUT2D eigenvalue weighted by Gasteiger charge is 2.78. The number of carbonyl (C=O) groups excluding carboxylic acids is 2. The van der Waals surface area contributed by atoms with E-state index < -0.39 is 17.9 Å². The molecule has 0 aromatic heterocycles. The van der Waals surface area contributed by atoms with Gasteiger partial charge in [-0.25, -0.2) is 0 Å². The van der Waals surface area contributed by atoms with Crippen molar-refractivity contribution < 1.29 is 19.4 Å². The molecule has 4 unspecified atom stereocenters. The molecule has 0 aromatic rings. The van der Waals surface area contributed by atoms with Crippen molar-refractivity contribution in [3.8, 4) is 0 Å². The Bertz CT molecular complexity index is 664. The summed E-state index contributed by atoms with van der Waals surface area (Å²) in [5.41, 5.74) is 5.11. The Labute approximate surface area is 148 Å². The molecule has 0 radical (unpaired) electrons. The Balaban J connectivity index is 1.52. The number of fused-ring (bicyclic) bond motifs is 4. The van der Waals surface area contributed by atoms with Gasteiger partial charge in [-0.05, 0) is 68.1 Å². The van der Waals surface area contributed by atoms with Crippen LogP contribution in [0, 0.1) is 34.5 Å². The fraction of sp³-hybridized carbons (Fsp3) is 0.900. The van der Waals surface area contributed by atoms with Crippen LogP contribution in [0.1, 0.15) is 58.8 Å². The van der Waals surface area contributed by atoms with Crippen molar-refractivity contribution in [1.82, 2.24) is 0 Å². The van der Waals surface area contributed by atoms with Gasteiger partial charge in [0.25, 0.3) is 0 Å². The first-order valence-electron chi connectivity index (χ1n) is 9.93. The number of aliphatic hydroxyl groups is 1. The molecule has 0 aromatic carbocycles.